The molecule has 0 saturated carbocycles. The number of benzene rings is 1. The fourth-order valence-corrected chi connectivity index (χ4v) is 6.21. The van der Waals surface area contributed by atoms with Gasteiger partial charge < -0.3 is 19.7 Å². The van der Waals surface area contributed by atoms with E-state index in [0.717, 1.165) is 42.3 Å². The Morgan fingerprint density at radius 2 is 1.93 bits per heavy atom. The van der Waals surface area contributed by atoms with Gasteiger partial charge in [0, 0.05) is 31.3 Å². The number of anilines is 1. The highest BCUT2D eigenvalue weighted by Gasteiger charge is 2.35. The van der Waals surface area contributed by atoms with Crippen LogP contribution in [0.5, 0.6) is 5.75 Å². The number of carbonyl (C=O) groups excluding carboxylic acids is 1. The number of hydrogen-bond acceptors (Lipinski definition) is 8. The van der Waals surface area contributed by atoms with Gasteiger partial charge in [0.1, 0.15) is 10.7 Å². The van der Waals surface area contributed by atoms with Crippen LogP contribution in [-0.2, 0) is 21.1 Å². The minimum absolute atomic E-state index is 0.00462. The molecule has 0 radical (unpaired) electrons. The second-order valence-corrected chi connectivity index (χ2v) is 12.1. The van der Waals surface area contributed by atoms with Crippen molar-refractivity contribution in [3.05, 3.63) is 77.0 Å². The molecule has 1 amide bonds. The van der Waals surface area contributed by atoms with Crippen molar-refractivity contribution in [1.82, 2.24) is 15.3 Å². The third kappa shape index (κ3) is 6.54. The number of aromatic nitrogens is 2. The van der Waals surface area contributed by atoms with E-state index in [-0.39, 0.29) is 30.9 Å². The molecule has 12 heteroatoms. The Morgan fingerprint density at radius 1 is 1.15 bits per heavy atom. The second-order valence-electron chi connectivity index (χ2n) is 10.1. The van der Waals surface area contributed by atoms with Crippen LogP contribution in [0.4, 0.5) is 14.6 Å². The Hall–Kier alpha value is -3.90. The van der Waals surface area contributed by atoms with Gasteiger partial charge in [0.15, 0.2) is 11.6 Å². The van der Waals surface area contributed by atoms with Crippen LogP contribution in [0.3, 0.4) is 0 Å². The standard InChI is InChI=1S/C29H30F2N4O5S/c1-18-16-35(17-19(2)40-18)27-5-3-4-22(34-27)7-6-20-8-10-32-23(12-20)15-33-29(36)21-13-24(30)28-25(14-21)41(37,38)26(31)9-11-39-28/h3-8,10,12-14,18-19,26H,9,11,15-17H2,1-2H3,(H,33,36)/b7-6+/t18-,19+,26-/m1/s1. The molecule has 2 aliphatic rings. The van der Waals surface area contributed by atoms with Crippen LogP contribution in [0.15, 0.2) is 53.6 Å². The van der Waals surface area contributed by atoms with Crippen LogP contribution in [0, 0.1) is 5.82 Å². The van der Waals surface area contributed by atoms with E-state index in [1.807, 2.05) is 44.2 Å². The molecule has 0 aliphatic carbocycles. The molecule has 4 heterocycles. The molecule has 1 aromatic carbocycles. The number of sulfone groups is 1. The highest BCUT2D eigenvalue weighted by Crippen LogP contribution is 2.35. The minimum atomic E-state index is -4.50. The summed E-state index contributed by atoms with van der Waals surface area (Å²) in [6.07, 6.45) is 5.17. The zero-order valence-corrected chi connectivity index (χ0v) is 23.4. The maximum Gasteiger partial charge on any atom is 0.251 e. The number of ether oxygens (including phenoxy) is 2. The van der Waals surface area contributed by atoms with Gasteiger partial charge in [-0.25, -0.2) is 22.2 Å². The first-order valence-electron chi connectivity index (χ1n) is 13.2. The molecule has 1 fully saturated rings. The van der Waals surface area contributed by atoms with Crippen molar-refractivity contribution >= 4 is 33.7 Å². The van der Waals surface area contributed by atoms with Crippen LogP contribution in [-0.4, -0.2) is 61.7 Å². The molecule has 2 aromatic heterocycles. The number of amides is 1. The van der Waals surface area contributed by atoms with Crippen molar-refractivity contribution in [3.63, 3.8) is 0 Å². The number of alkyl halides is 1. The number of morpholine rings is 1. The number of halogens is 2. The molecule has 0 spiro atoms. The van der Waals surface area contributed by atoms with E-state index in [0.29, 0.717) is 5.69 Å². The van der Waals surface area contributed by atoms with E-state index in [1.165, 1.54) is 0 Å². The van der Waals surface area contributed by atoms with E-state index in [9.17, 15) is 22.0 Å². The summed E-state index contributed by atoms with van der Waals surface area (Å²) < 4.78 is 64.7. The Bertz CT molecular complexity index is 1570. The SMILES string of the molecule is C[C@@H]1CN(c2cccc(/C=C/c3ccnc(CNC(=O)c4cc(F)c5c(c4)S(=O)(=O)[C@@H](F)CCO5)c3)n2)C[C@H](C)O1. The summed E-state index contributed by atoms with van der Waals surface area (Å²) in [4.78, 5) is 23.3. The maximum atomic E-state index is 14.6. The Kier molecular flexibility index (Phi) is 8.32. The lowest BCUT2D eigenvalue weighted by atomic mass is 10.1. The number of fused-ring (bicyclic) bond motifs is 1. The molecular formula is C29H30F2N4O5S. The number of nitrogens with one attached hydrogen (secondary N) is 1. The Morgan fingerprint density at radius 3 is 2.71 bits per heavy atom. The first kappa shape index (κ1) is 28.6. The molecule has 5 rings (SSSR count). The minimum Gasteiger partial charge on any atom is -0.489 e. The largest absolute Gasteiger partial charge is 0.489 e. The Labute approximate surface area is 237 Å². The van der Waals surface area contributed by atoms with Crippen molar-refractivity contribution in [3.8, 4) is 5.75 Å². The second kappa shape index (κ2) is 11.9. The quantitative estimate of drug-likeness (QED) is 0.460. The van der Waals surface area contributed by atoms with E-state index in [4.69, 9.17) is 14.5 Å². The lowest BCUT2D eigenvalue weighted by Crippen LogP contribution is -2.45. The number of pyridine rings is 2. The summed E-state index contributed by atoms with van der Waals surface area (Å²) in [6.45, 7) is 5.32. The molecule has 0 unspecified atom stereocenters. The average molecular weight is 585 g/mol. The molecule has 2 aliphatic heterocycles. The Balaban J connectivity index is 1.26. The number of nitrogens with zero attached hydrogens (tertiary/aromatic N) is 3. The summed E-state index contributed by atoms with van der Waals surface area (Å²) in [7, 11) is -4.50. The summed E-state index contributed by atoms with van der Waals surface area (Å²) in [5, 5.41) is 2.61. The third-order valence-electron chi connectivity index (χ3n) is 6.72. The summed E-state index contributed by atoms with van der Waals surface area (Å²) in [6, 6.07) is 11.2. The van der Waals surface area contributed by atoms with Crippen molar-refractivity contribution in [1.29, 1.82) is 0 Å². The highest BCUT2D eigenvalue weighted by molar-refractivity contribution is 7.92. The van der Waals surface area contributed by atoms with Gasteiger partial charge in [0.05, 0.1) is 36.7 Å². The number of carbonyl (C=O) groups is 1. The van der Waals surface area contributed by atoms with Crippen molar-refractivity contribution in [2.24, 2.45) is 0 Å². The van der Waals surface area contributed by atoms with Gasteiger partial charge in [-0.05, 0) is 61.9 Å². The molecule has 216 valence electrons. The highest BCUT2D eigenvalue weighted by atomic mass is 32.2. The normalized spacial score (nSPS) is 22.0. The molecule has 41 heavy (non-hydrogen) atoms. The topological polar surface area (TPSA) is 111 Å². The van der Waals surface area contributed by atoms with Crippen LogP contribution in [0.2, 0.25) is 0 Å². The van der Waals surface area contributed by atoms with Crippen molar-refractivity contribution in [2.75, 3.05) is 24.6 Å². The van der Waals surface area contributed by atoms with Crippen LogP contribution in [0.1, 0.15) is 47.6 Å². The monoisotopic (exact) mass is 584 g/mol. The zero-order chi connectivity index (χ0) is 29.1. The van der Waals surface area contributed by atoms with Crippen molar-refractivity contribution < 1.29 is 31.5 Å². The van der Waals surface area contributed by atoms with Crippen LogP contribution >= 0.6 is 0 Å². The molecule has 0 bridgehead atoms. The summed E-state index contributed by atoms with van der Waals surface area (Å²) >= 11 is 0. The van der Waals surface area contributed by atoms with Gasteiger partial charge in [-0.1, -0.05) is 12.1 Å². The molecule has 1 N–H and O–H groups in total. The molecular weight excluding hydrogens is 554 g/mol. The predicted octanol–water partition coefficient (Wildman–Crippen LogP) is 4.18. The van der Waals surface area contributed by atoms with E-state index in [1.54, 1.807) is 18.3 Å². The zero-order valence-electron chi connectivity index (χ0n) is 22.6. The van der Waals surface area contributed by atoms with Gasteiger partial charge in [-0.3, -0.25) is 9.78 Å². The van der Waals surface area contributed by atoms with Gasteiger partial charge >= 0.3 is 0 Å². The number of rotatable bonds is 6. The van der Waals surface area contributed by atoms with Gasteiger partial charge in [-0.2, -0.15) is 0 Å². The third-order valence-corrected chi connectivity index (χ3v) is 8.55. The van der Waals surface area contributed by atoms with Gasteiger partial charge in [0.25, 0.3) is 5.91 Å². The van der Waals surface area contributed by atoms with Gasteiger partial charge in [-0.15, -0.1) is 0 Å². The fourth-order valence-electron chi connectivity index (χ4n) is 4.82. The number of hydrogen-bond donors (Lipinski definition) is 1. The van der Waals surface area contributed by atoms with Crippen LogP contribution in [0.25, 0.3) is 12.2 Å². The predicted molar refractivity (Wildman–Crippen MR) is 149 cm³/mol. The first-order chi connectivity index (χ1) is 19.6. The average Bonchev–Trinajstić information content (AvgIpc) is 3.06. The molecule has 3 aromatic rings. The smallest absolute Gasteiger partial charge is 0.251 e. The first-order valence-corrected chi connectivity index (χ1v) is 14.8. The van der Waals surface area contributed by atoms with E-state index >= 15 is 0 Å². The van der Waals surface area contributed by atoms with Gasteiger partial charge in [0.2, 0.25) is 15.3 Å². The fraction of sp³-hybridized carbons (Fsp3) is 0.345. The lowest BCUT2D eigenvalue weighted by Gasteiger charge is -2.36. The lowest BCUT2D eigenvalue weighted by molar-refractivity contribution is -0.00546. The van der Waals surface area contributed by atoms with E-state index in [2.05, 4.69) is 15.2 Å². The molecule has 3 atom stereocenters. The van der Waals surface area contributed by atoms with E-state index < -0.39 is 44.1 Å². The van der Waals surface area contributed by atoms with Crippen molar-refractivity contribution in [2.45, 2.75) is 49.4 Å². The summed E-state index contributed by atoms with van der Waals surface area (Å²) in [5.74, 6) is -1.48. The maximum absolute atomic E-state index is 14.6. The van der Waals surface area contributed by atoms with Crippen LogP contribution < -0.4 is 15.0 Å². The molecule has 9 nitrogen and oxygen atoms in total. The molecule has 1 saturated heterocycles. The summed E-state index contributed by atoms with van der Waals surface area (Å²) in [5.41, 5.74) is -0.396.